The van der Waals surface area contributed by atoms with E-state index in [0.29, 0.717) is 30.0 Å². The van der Waals surface area contributed by atoms with Crippen LogP contribution < -0.4 is 4.90 Å². The lowest BCUT2D eigenvalue weighted by Gasteiger charge is -2.15. The summed E-state index contributed by atoms with van der Waals surface area (Å²) in [6.07, 6.45) is 0.622. The highest BCUT2D eigenvalue weighted by Gasteiger charge is 2.32. The third-order valence-corrected chi connectivity index (χ3v) is 4.18. The Bertz CT molecular complexity index is 720. The molecule has 1 aliphatic rings. The molecule has 23 heavy (non-hydrogen) atoms. The van der Waals surface area contributed by atoms with Gasteiger partial charge >= 0.3 is 0 Å². The normalized spacial score (nSPS) is 17.8. The molecule has 1 aliphatic heterocycles. The molecule has 1 fully saturated rings. The number of anilines is 1. The number of nitrogens with zero attached hydrogens (tertiary/aromatic N) is 3. The number of aryl methyl sites for hydroxylation is 2. The van der Waals surface area contributed by atoms with Crippen LogP contribution in [0.3, 0.4) is 0 Å². The molecule has 2 N–H and O–H groups in total. The van der Waals surface area contributed by atoms with Crippen molar-refractivity contribution in [3.05, 3.63) is 35.4 Å². The summed E-state index contributed by atoms with van der Waals surface area (Å²) in [5.74, 6) is 0.171. The van der Waals surface area contributed by atoms with Crippen molar-refractivity contribution in [2.75, 3.05) is 18.1 Å². The van der Waals surface area contributed by atoms with Gasteiger partial charge in [0.15, 0.2) is 5.82 Å². The maximum absolute atomic E-state index is 12.1. The Labute approximate surface area is 134 Å². The number of carbonyl (C=O) groups is 1. The first-order valence-corrected chi connectivity index (χ1v) is 7.58. The summed E-state index contributed by atoms with van der Waals surface area (Å²) in [5.41, 5.74) is 3.11. The monoisotopic (exact) mass is 313 g/mol. The number of aliphatic hydroxyl groups excluding tert-OH is 1. The van der Waals surface area contributed by atoms with Gasteiger partial charge in [-0.15, -0.1) is 10.2 Å². The van der Waals surface area contributed by atoms with Crippen molar-refractivity contribution >= 4 is 11.7 Å². The second-order valence-corrected chi connectivity index (χ2v) is 5.91. The highest BCUT2D eigenvalue weighted by molar-refractivity contribution is 5.96. The molecule has 2 heterocycles. The Kier molecular flexibility index (Phi) is 4.00. The fourth-order valence-corrected chi connectivity index (χ4v) is 3.02. The smallest absolute Gasteiger partial charge is 0.233 e. The van der Waals surface area contributed by atoms with E-state index in [9.17, 15) is 9.90 Å². The van der Waals surface area contributed by atoms with Crippen molar-refractivity contribution in [1.29, 1.82) is 0 Å². The fraction of sp³-hybridized carbons (Fsp3) is 0.353. The summed E-state index contributed by atoms with van der Waals surface area (Å²) in [7, 11) is 0. The zero-order valence-corrected chi connectivity index (χ0v) is 13.2. The summed E-state index contributed by atoms with van der Waals surface area (Å²) in [6, 6.07) is 7.13. The zero-order chi connectivity index (χ0) is 16.6. The van der Waals surface area contributed by atoms with E-state index in [1.807, 2.05) is 19.9 Å². The minimum Gasteiger partial charge on any atom is -0.507 e. The second kappa shape index (κ2) is 5.96. The molecule has 2 aromatic rings. The quantitative estimate of drug-likeness (QED) is 0.902. The van der Waals surface area contributed by atoms with E-state index < -0.39 is 0 Å². The van der Waals surface area contributed by atoms with Crippen molar-refractivity contribution in [3.8, 4) is 17.0 Å². The van der Waals surface area contributed by atoms with Gasteiger partial charge in [0.2, 0.25) is 5.91 Å². The van der Waals surface area contributed by atoms with Gasteiger partial charge in [0.05, 0.1) is 18.2 Å². The van der Waals surface area contributed by atoms with E-state index in [2.05, 4.69) is 10.2 Å². The average molecular weight is 313 g/mol. The molecule has 6 nitrogen and oxygen atoms in total. The van der Waals surface area contributed by atoms with E-state index in [1.165, 1.54) is 0 Å². The Morgan fingerprint density at radius 1 is 1.26 bits per heavy atom. The highest BCUT2D eigenvalue weighted by Crippen LogP contribution is 2.32. The number of aromatic hydroxyl groups is 1. The molecule has 1 atom stereocenters. The number of aromatic nitrogens is 2. The maximum Gasteiger partial charge on any atom is 0.233 e. The van der Waals surface area contributed by atoms with Gasteiger partial charge in [-0.3, -0.25) is 9.69 Å². The van der Waals surface area contributed by atoms with Gasteiger partial charge < -0.3 is 10.2 Å². The minimum absolute atomic E-state index is 0.121. The van der Waals surface area contributed by atoms with Crippen LogP contribution in [0.2, 0.25) is 0 Å². The van der Waals surface area contributed by atoms with E-state index in [1.54, 1.807) is 23.1 Å². The largest absolute Gasteiger partial charge is 0.507 e. The van der Waals surface area contributed by atoms with Crippen LogP contribution in [0.15, 0.2) is 24.3 Å². The number of hydrogen-bond acceptors (Lipinski definition) is 5. The molecule has 1 aromatic heterocycles. The second-order valence-electron chi connectivity index (χ2n) is 5.91. The first-order valence-electron chi connectivity index (χ1n) is 7.58. The molecule has 0 spiro atoms. The van der Waals surface area contributed by atoms with Crippen LogP contribution in [-0.4, -0.2) is 39.5 Å². The average Bonchev–Trinajstić information content (AvgIpc) is 2.88. The number of rotatable bonds is 3. The number of aliphatic hydroxyl groups is 1. The standard InChI is InChI=1S/C17H19N3O3/c1-10-7-11(2)16(14(22)8-10)13-3-4-15(19-18-13)20-6-5-12(9-21)17(20)23/h3-4,7-8,12,21-22H,5-6,9H2,1-2H3/t12-/m1/s1. The van der Waals surface area contributed by atoms with Crippen LogP contribution in [0, 0.1) is 19.8 Å². The molecule has 6 heteroatoms. The predicted molar refractivity (Wildman–Crippen MR) is 86.2 cm³/mol. The Hall–Kier alpha value is -2.47. The molecule has 3 rings (SSSR count). The Morgan fingerprint density at radius 2 is 2.04 bits per heavy atom. The van der Waals surface area contributed by atoms with Crippen LogP contribution in [0.1, 0.15) is 17.5 Å². The highest BCUT2D eigenvalue weighted by atomic mass is 16.3. The molecule has 1 aromatic carbocycles. The third kappa shape index (κ3) is 2.77. The molecule has 1 amide bonds. The van der Waals surface area contributed by atoms with Gasteiger partial charge in [0.25, 0.3) is 0 Å². The molecule has 0 saturated carbocycles. The summed E-state index contributed by atoms with van der Waals surface area (Å²) >= 11 is 0. The third-order valence-electron chi connectivity index (χ3n) is 4.18. The van der Waals surface area contributed by atoms with Crippen molar-refractivity contribution in [2.24, 2.45) is 5.92 Å². The van der Waals surface area contributed by atoms with Crippen molar-refractivity contribution in [1.82, 2.24) is 10.2 Å². The molecular formula is C17H19N3O3. The number of amides is 1. The van der Waals surface area contributed by atoms with E-state index in [-0.39, 0.29) is 24.2 Å². The summed E-state index contributed by atoms with van der Waals surface area (Å²) in [4.78, 5) is 13.6. The first-order chi connectivity index (χ1) is 11.0. The minimum atomic E-state index is -0.347. The van der Waals surface area contributed by atoms with Gasteiger partial charge in [-0.25, -0.2) is 0 Å². The molecule has 1 saturated heterocycles. The number of phenolic OH excluding ortho intramolecular Hbond substituents is 1. The van der Waals surface area contributed by atoms with E-state index in [4.69, 9.17) is 5.11 Å². The Morgan fingerprint density at radius 3 is 2.61 bits per heavy atom. The fourth-order valence-electron chi connectivity index (χ4n) is 3.02. The SMILES string of the molecule is Cc1cc(C)c(-c2ccc(N3CC[C@H](CO)C3=O)nn2)c(O)c1. The van der Waals surface area contributed by atoms with Crippen molar-refractivity contribution < 1.29 is 15.0 Å². The molecule has 0 unspecified atom stereocenters. The summed E-state index contributed by atoms with van der Waals surface area (Å²) in [5, 5.41) is 27.6. The maximum atomic E-state index is 12.1. The lowest BCUT2D eigenvalue weighted by Crippen LogP contribution is -2.29. The number of hydrogen-bond donors (Lipinski definition) is 2. The number of benzene rings is 1. The van der Waals surface area contributed by atoms with E-state index >= 15 is 0 Å². The molecule has 0 radical (unpaired) electrons. The summed E-state index contributed by atoms with van der Waals surface area (Å²) in [6.45, 7) is 4.22. The van der Waals surface area contributed by atoms with Gasteiger partial charge in [-0.2, -0.15) is 0 Å². The van der Waals surface area contributed by atoms with Crippen LogP contribution in [0.25, 0.3) is 11.3 Å². The number of carbonyl (C=O) groups excluding carboxylic acids is 1. The lowest BCUT2D eigenvalue weighted by atomic mass is 10.0. The Balaban J connectivity index is 1.90. The van der Waals surface area contributed by atoms with Gasteiger partial charge in [0.1, 0.15) is 5.75 Å². The molecule has 120 valence electrons. The van der Waals surface area contributed by atoms with Crippen LogP contribution in [-0.2, 0) is 4.79 Å². The van der Waals surface area contributed by atoms with Gasteiger partial charge in [-0.1, -0.05) is 6.07 Å². The zero-order valence-electron chi connectivity index (χ0n) is 13.2. The van der Waals surface area contributed by atoms with Gasteiger partial charge in [-0.05, 0) is 49.6 Å². The summed E-state index contributed by atoms with van der Waals surface area (Å²) < 4.78 is 0. The molecule has 0 aliphatic carbocycles. The van der Waals surface area contributed by atoms with Crippen LogP contribution in [0.4, 0.5) is 5.82 Å². The molecular weight excluding hydrogens is 294 g/mol. The van der Waals surface area contributed by atoms with Gasteiger partial charge in [0, 0.05) is 12.1 Å². The number of phenols is 1. The van der Waals surface area contributed by atoms with Crippen LogP contribution >= 0.6 is 0 Å². The molecule has 0 bridgehead atoms. The van der Waals surface area contributed by atoms with Crippen molar-refractivity contribution in [2.45, 2.75) is 20.3 Å². The van der Waals surface area contributed by atoms with Crippen molar-refractivity contribution in [3.63, 3.8) is 0 Å². The lowest BCUT2D eigenvalue weighted by molar-refractivity contribution is -0.121. The topological polar surface area (TPSA) is 86.5 Å². The predicted octanol–water partition coefficient (Wildman–Crippen LogP) is 1.81. The van der Waals surface area contributed by atoms with E-state index in [0.717, 1.165) is 11.1 Å². The van der Waals surface area contributed by atoms with Crippen LogP contribution in [0.5, 0.6) is 5.75 Å². The first kappa shape index (κ1) is 15.4.